The van der Waals surface area contributed by atoms with Crippen molar-refractivity contribution in [3.05, 3.63) is 17.0 Å². The molecule has 2 N–H and O–H groups in total. The third kappa shape index (κ3) is 1.98. The first-order chi connectivity index (χ1) is 8.66. The van der Waals surface area contributed by atoms with E-state index in [9.17, 15) is 4.79 Å². The molecule has 2 heterocycles. The van der Waals surface area contributed by atoms with Crippen LogP contribution in [0.3, 0.4) is 0 Å². The number of urea groups is 1. The van der Waals surface area contributed by atoms with E-state index in [4.69, 9.17) is 0 Å². The number of amides is 2. The summed E-state index contributed by atoms with van der Waals surface area (Å²) in [7, 11) is 0. The van der Waals surface area contributed by atoms with Crippen LogP contribution in [0.4, 0.5) is 4.79 Å². The van der Waals surface area contributed by atoms with Gasteiger partial charge in [-0.05, 0) is 39.5 Å². The topological polar surface area (TPSA) is 61.0 Å². The van der Waals surface area contributed by atoms with Gasteiger partial charge in [0.25, 0.3) is 0 Å². The van der Waals surface area contributed by atoms with E-state index in [-0.39, 0.29) is 12.1 Å². The molecule has 98 valence electrons. The summed E-state index contributed by atoms with van der Waals surface area (Å²) >= 11 is 0. The van der Waals surface area contributed by atoms with Crippen molar-refractivity contribution in [3.8, 4) is 0 Å². The van der Waals surface area contributed by atoms with Crippen LogP contribution < -0.4 is 5.32 Å². The van der Waals surface area contributed by atoms with Crippen LogP contribution in [0.2, 0.25) is 0 Å². The number of rotatable bonds is 2. The first-order valence-corrected chi connectivity index (χ1v) is 6.75. The summed E-state index contributed by atoms with van der Waals surface area (Å²) in [6.45, 7) is 4.89. The van der Waals surface area contributed by atoms with E-state index in [0.717, 1.165) is 43.6 Å². The minimum atomic E-state index is 0.0972. The highest BCUT2D eigenvalue weighted by atomic mass is 16.2. The number of aryl methyl sites for hydroxylation is 2. The SMILES string of the molecule is Cc1n[nH]c(C)c1[C@@H]1CCCN1C(=O)NC1CC1. The summed E-state index contributed by atoms with van der Waals surface area (Å²) in [4.78, 5) is 14.2. The van der Waals surface area contributed by atoms with Crippen molar-refractivity contribution in [1.82, 2.24) is 20.4 Å². The van der Waals surface area contributed by atoms with Crippen LogP contribution in [0.5, 0.6) is 0 Å². The number of aromatic nitrogens is 2. The van der Waals surface area contributed by atoms with Gasteiger partial charge >= 0.3 is 6.03 Å². The van der Waals surface area contributed by atoms with E-state index in [1.807, 2.05) is 18.7 Å². The molecule has 1 aromatic heterocycles. The van der Waals surface area contributed by atoms with Crippen LogP contribution in [0, 0.1) is 13.8 Å². The van der Waals surface area contributed by atoms with Gasteiger partial charge in [0.15, 0.2) is 0 Å². The van der Waals surface area contributed by atoms with E-state index in [0.29, 0.717) is 6.04 Å². The molecule has 1 saturated carbocycles. The molecule has 2 fully saturated rings. The Balaban J connectivity index is 1.80. The van der Waals surface area contributed by atoms with Crippen LogP contribution in [0.15, 0.2) is 0 Å². The van der Waals surface area contributed by atoms with Gasteiger partial charge in [-0.1, -0.05) is 0 Å². The lowest BCUT2D eigenvalue weighted by atomic mass is 10.0. The molecule has 1 aliphatic carbocycles. The zero-order valence-corrected chi connectivity index (χ0v) is 11.0. The summed E-state index contributed by atoms with van der Waals surface area (Å²) in [5.41, 5.74) is 3.31. The molecule has 1 aliphatic heterocycles. The standard InChI is InChI=1S/C13H20N4O/c1-8-12(9(2)16-15-8)11-4-3-7-17(11)13(18)14-10-5-6-10/h10-11H,3-7H2,1-2H3,(H,14,18)(H,15,16)/t11-/m0/s1. The number of likely N-dealkylation sites (tertiary alicyclic amines) is 1. The van der Waals surface area contributed by atoms with Gasteiger partial charge in [-0.2, -0.15) is 5.10 Å². The van der Waals surface area contributed by atoms with Gasteiger partial charge < -0.3 is 10.2 Å². The van der Waals surface area contributed by atoms with E-state index in [1.165, 1.54) is 5.56 Å². The van der Waals surface area contributed by atoms with Crippen LogP contribution in [-0.2, 0) is 0 Å². The first kappa shape index (κ1) is 11.6. The van der Waals surface area contributed by atoms with Gasteiger partial charge in [0.2, 0.25) is 0 Å². The molecule has 5 nitrogen and oxygen atoms in total. The maximum absolute atomic E-state index is 12.2. The van der Waals surface area contributed by atoms with Gasteiger partial charge in [-0.15, -0.1) is 0 Å². The minimum absolute atomic E-state index is 0.0972. The summed E-state index contributed by atoms with van der Waals surface area (Å²) in [6, 6.07) is 0.716. The Morgan fingerprint density at radius 3 is 2.78 bits per heavy atom. The minimum Gasteiger partial charge on any atom is -0.335 e. The second-order valence-corrected chi connectivity index (χ2v) is 5.42. The molecule has 0 unspecified atom stereocenters. The smallest absolute Gasteiger partial charge is 0.318 e. The summed E-state index contributed by atoms with van der Waals surface area (Å²) < 4.78 is 0. The number of aromatic amines is 1. The Kier molecular flexibility index (Phi) is 2.76. The fourth-order valence-electron chi connectivity index (χ4n) is 2.85. The van der Waals surface area contributed by atoms with Crippen LogP contribution in [0.1, 0.15) is 48.7 Å². The Labute approximate surface area is 107 Å². The van der Waals surface area contributed by atoms with E-state index >= 15 is 0 Å². The van der Waals surface area contributed by atoms with E-state index in [2.05, 4.69) is 15.5 Å². The fourth-order valence-corrected chi connectivity index (χ4v) is 2.85. The Morgan fingerprint density at radius 2 is 2.17 bits per heavy atom. The van der Waals surface area contributed by atoms with Gasteiger partial charge in [-0.3, -0.25) is 5.10 Å². The van der Waals surface area contributed by atoms with Crippen LogP contribution >= 0.6 is 0 Å². The number of hydrogen-bond donors (Lipinski definition) is 2. The highest BCUT2D eigenvalue weighted by Gasteiger charge is 2.35. The van der Waals surface area contributed by atoms with Gasteiger partial charge in [0.05, 0.1) is 11.7 Å². The van der Waals surface area contributed by atoms with Crippen molar-refractivity contribution in [3.63, 3.8) is 0 Å². The van der Waals surface area contributed by atoms with E-state index < -0.39 is 0 Å². The second-order valence-electron chi connectivity index (χ2n) is 5.42. The van der Waals surface area contributed by atoms with Crippen LogP contribution in [-0.4, -0.2) is 33.7 Å². The Bertz CT molecular complexity index is 444. The zero-order valence-electron chi connectivity index (χ0n) is 11.0. The summed E-state index contributed by atoms with van der Waals surface area (Å²) in [5, 5.41) is 10.3. The third-order valence-corrected chi connectivity index (χ3v) is 3.94. The normalized spacial score (nSPS) is 23.4. The number of carbonyl (C=O) groups excluding carboxylic acids is 1. The van der Waals surface area contributed by atoms with Crippen molar-refractivity contribution < 1.29 is 4.79 Å². The molecule has 0 aromatic carbocycles. The maximum Gasteiger partial charge on any atom is 0.318 e. The third-order valence-electron chi connectivity index (χ3n) is 3.94. The van der Waals surface area contributed by atoms with Crippen molar-refractivity contribution >= 4 is 6.03 Å². The van der Waals surface area contributed by atoms with Crippen molar-refractivity contribution in [2.24, 2.45) is 0 Å². The van der Waals surface area contributed by atoms with Crippen molar-refractivity contribution in [2.75, 3.05) is 6.54 Å². The number of nitrogens with one attached hydrogen (secondary N) is 2. The average Bonchev–Trinajstić information content (AvgIpc) is 2.90. The maximum atomic E-state index is 12.2. The molecule has 1 saturated heterocycles. The molecule has 2 amide bonds. The number of carbonyl (C=O) groups is 1. The summed E-state index contributed by atoms with van der Waals surface area (Å²) in [5.74, 6) is 0. The zero-order chi connectivity index (χ0) is 12.7. The van der Waals surface area contributed by atoms with Gasteiger partial charge in [0, 0.05) is 23.8 Å². The van der Waals surface area contributed by atoms with E-state index in [1.54, 1.807) is 0 Å². The molecule has 1 aromatic rings. The summed E-state index contributed by atoms with van der Waals surface area (Å²) in [6.07, 6.45) is 4.38. The van der Waals surface area contributed by atoms with Gasteiger partial charge in [-0.25, -0.2) is 4.79 Å². The molecule has 0 radical (unpaired) electrons. The van der Waals surface area contributed by atoms with Crippen LogP contribution in [0.25, 0.3) is 0 Å². The number of nitrogens with zero attached hydrogens (tertiary/aromatic N) is 2. The van der Waals surface area contributed by atoms with Crippen molar-refractivity contribution in [1.29, 1.82) is 0 Å². The monoisotopic (exact) mass is 248 g/mol. The Morgan fingerprint density at radius 1 is 1.39 bits per heavy atom. The largest absolute Gasteiger partial charge is 0.335 e. The average molecular weight is 248 g/mol. The molecule has 2 aliphatic rings. The lowest BCUT2D eigenvalue weighted by Gasteiger charge is -2.25. The molecular weight excluding hydrogens is 228 g/mol. The second kappa shape index (κ2) is 4.30. The molecule has 5 heteroatoms. The van der Waals surface area contributed by atoms with Crippen molar-refractivity contribution in [2.45, 2.75) is 51.6 Å². The van der Waals surface area contributed by atoms with Gasteiger partial charge in [0.1, 0.15) is 0 Å². The number of H-pyrrole nitrogens is 1. The fraction of sp³-hybridized carbons (Fsp3) is 0.692. The molecule has 0 bridgehead atoms. The Hall–Kier alpha value is -1.52. The highest BCUT2D eigenvalue weighted by Crippen LogP contribution is 2.35. The predicted molar refractivity (Wildman–Crippen MR) is 68.3 cm³/mol. The highest BCUT2D eigenvalue weighted by molar-refractivity contribution is 5.76. The molecular formula is C13H20N4O. The predicted octanol–water partition coefficient (Wildman–Crippen LogP) is 2.04. The quantitative estimate of drug-likeness (QED) is 0.841. The molecule has 1 atom stereocenters. The first-order valence-electron chi connectivity index (χ1n) is 6.75. The lowest BCUT2D eigenvalue weighted by Crippen LogP contribution is -2.40. The lowest BCUT2D eigenvalue weighted by molar-refractivity contribution is 0.192. The molecule has 18 heavy (non-hydrogen) atoms. The molecule has 0 spiro atoms. The molecule has 3 rings (SSSR count). The number of hydrogen-bond acceptors (Lipinski definition) is 2.